The Kier molecular flexibility index (Phi) is 10.1. The van der Waals surface area contributed by atoms with Gasteiger partial charge in [0.15, 0.2) is 11.5 Å². The van der Waals surface area contributed by atoms with Crippen LogP contribution in [0.15, 0.2) is 73.3 Å². The number of carbonyl (C=O) groups excluding carboxylic acids is 3. The number of hydrogen-bond donors (Lipinski definition) is 2. The summed E-state index contributed by atoms with van der Waals surface area (Å²) in [5, 5.41) is 14.2. The Morgan fingerprint density at radius 2 is 1.93 bits per heavy atom. The van der Waals surface area contributed by atoms with Crippen LogP contribution < -0.4 is 20.1 Å². The summed E-state index contributed by atoms with van der Waals surface area (Å²) < 4.78 is 13.3. The molecule has 13 nitrogen and oxygen atoms in total. The Labute approximate surface area is 254 Å². The molecule has 0 unspecified atom stereocenters. The summed E-state index contributed by atoms with van der Waals surface area (Å²) in [5.74, 6) is -0.485. The van der Waals surface area contributed by atoms with Crippen LogP contribution in [0, 0.1) is 0 Å². The SMILES string of the molecule is COc1cccc2c1OCCCn1cc(nn1)CCN(C(=O)c1cnccn1)CCNC(=O)[C@H](Cc1ccccc1)NC2=O. The Hall–Kier alpha value is -5.33. The van der Waals surface area contributed by atoms with Gasteiger partial charge < -0.3 is 25.0 Å². The lowest BCUT2D eigenvalue weighted by atomic mass is 10.0. The highest BCUT2D eigenvalue weighted by atomic mass is 16.5. The smallest absolute Gasteiger partial charge is 0.274 e. The normalized spacial score (nSPS) is 16.7. The average Bonchev–Trinajstić information content (AvgIpc) is 3.51. The number of nitrogens with one attached hydrogen (secondary N) is 2. The van der Waals surface area contributed by atoms with Gasteiger partial charge in [-0.05, 0) is 17.7 Å². The Balaban J connectivity index is 1.42. The summed E-state index contributed by atoms with van der Waals surface area (Å²) in [6.07, 6.45) is 7.49. The number of aryl methyl sites for hydroxylation is 1. The molecule has 0 fully saturated rings. The summed E-state index contributed by atoms with van der Waals surface area (Å²) in [6.45, 7) is 1.49. The van der Waals surface area contributed by atoms with E-state index in [2.05, 4.69) is 30.9 Å². The standard InChI is InChI=1S/C31H34N8O5/c1-43-27-10-5-9-24-28(27)44-18-6-15-39-21-23(36-37-39)11-16-38(31(42)26-20-32-12-13-33-26)17-14-34-30(41)25(35-29(24)40)19-22-7-3-2-4-8-22/h2-5,7-10,12-13,20-21,25H,6,11,14-19H2,1H3,(H,34,41)(H,35,40)/t25-/m0/s1. The first-order chi connectivity index (χ1) is 21.5. The van der Waals surface area contributed by atoms with Gasteiger partial charge in [0.2, 0.25) is 5.91 Å². The Morgan fingerprint density at radius 3 is 2.73 bits per heavy atom. The van der Waals surface area contributed by atoms with Crippen LogP contribution in [0.4, 0.5) is 0 Å². The maximum Gasteiger partial charge on any atom is 0.274 e. The maximum atomic E-state index is 13.6. The van der Waals surface area contributed by atoms with Crippen molar-refractivity contribution in [3.8, 4) is 11.5 Å². The number of rotatable bonds is 4. The molecule has 0 saturated carbocycles. The third kappa shape index (κ3) is 7.73. The molecule has 3 amide bonds. The third-order valence-corrected chi connectivity index (χ3v) is 7.10. The summed E-state index contributed by atoms with van der Waals surface area (Å²) >= 11 is 0. The minimum atomic E-state index is -0.899. The predicted octanol–water partition coefficient (Wildman–Crippen LogP) is 1.70. The van der Waals surface area contributed by atoms with Crippen molar-refractivity contribution < 1.29 is 23.9 Å². The van der Waals surface area contributed by atoms with Gasteiger partial charge in [-0.15, -0.1) is 5.10 Å². The highest BCUT2D eigenvalue weighted by Gasteiger charge is 2.26. The molecular weight excluding hydrogens is 564 g/mol. The van der Waals surface area contributed by atoms with Crippen molar-refractivity contribution in [1.29, 1.82) is 0 Å². The molecule has 3 heterocycles. The molecule has 0 radical (unpaired) electrons. The summed E-state index contributed by atoms with van der Waals surface area (Å²) in [5.41, 5.74) is 2.04. The van der Waals surface area contributed by atoms with Crippen LogP contribution in [0.3, 0.4) is 0 Å². The minimum Gasteiger partial charge on any atom is -0.493 e. The van der Waals surface area contributed by atoms with Gasteiger partial charge in [-0.3, -0.25) is 24.0 Å². The fourth-order valence-electron chi connectivity index (χ4n) is 4.84. The number of para-hydroxylation sites is 1. The first-order valence-electron chi connectivity index (χ1n) is 14.4. The first-order valence-corrected chi connectivity index (χ1v) is 14.4. The molecule has 2 aromatic carbocycles. The van der Waals surface area contributed by atoms with Crippen LogP contribution in [0.2, 0.25) is 0 Å². The second kappa shape index (κ2) is 14.7. The van der Waals surface area contributed by atoms with Gasteiger partial charge in [-0.25, -0.2) is 4.98 Å². The lowest BCUT2D eigenvalue weighted by Crippen LogP contribution is -2.50. The van der Waals surface area contributed by atoms with E-state index < -0.39 is 11.9 Å². The quantitative estimate of drug-likeness (QED) is 0.357. The van der Waals surface area contributed by atoms with Crippen LogP contribution in [-0.4, -0.2) is 87.0 Å². The van der Waals surface area contributed by atoms with Gasteiger partial charge in [0.05, 0.1) is 31.2 Å². The third-order valence-electron chi connectivity index (χ3n) is 7.10. The number of ether oxygens (including phenoxy) is 2. The number of nitrogens with zero attached hydrogens (tertiary/aromatic N) is 6. The van der Waals surface area contributed by atoms with E-state index in [-0.39, 0.29) is 49.2 Å². The van der Waals surface area contributed by atoms with Crippen LogP contribution in [0.5, 0.6) is 11.5 Å². The molecule has 4 aromatic rings. The minimum absolute atomic E-state index is 0.145. The van der Waals surface area contributed by atoms with Gasteiger partial charge in [0.25, 0.3) is 11.8 Å². The molecule has 2 N–H and O–H groups in total. The number of methoxy groups -OCH3 is 1. The van der Waals surface area contributed by atoms with E-state index >= 15 is 0 Å². The van der Waals surface area contributed by atoms with E-state index in [1.165, 1.54) is 25.7 Å². The molecule has 13 heteroatoms. The fraction of sp³-hybridized carbons (Fsp3) is 0.323. The van der Waals surface area contributed by atoms with Gasteiger partial charge in [0, 0.05) is 64.0 Å². The molecule has 1 atom stereocenters. The van der Waals surface area contributed by atoms with Crippen molar-refractivity contribution in [1.82, 2.24) is 40.5 Å². The number of carbonyl (C=O) groups is 3. The summed E-state index contributed by atoms with van der Waals surface area (Å²) in [4.78, 5) is 50.2. The largest absolute Gasteiger partial charge is 0.493 e. The first kappa shape index (κ1) is 30.1. The second-order valence-corrected chi connectivity index (χ2v) is 10.2. The fourth-order valence-corrected chi connectivity index (χ4v) is 4.84. The number of amides is 3. The Bertz CT molecular complexity index is 1560. The van der Waals surface area contributed by atoms with Crippen molar-refractivity contribution in [3.05, 3.63) is 95.8 Å². The highest BCUT2D eigenvalue weighted by molar-refractivity contribution is 6.00. The zero-order valence-corrected chi connectivity index (χ0v) is 24.4. The number of aromatic nitrogens is 5. The van der Waals surface area contributed by atoms with Crippen LogP contribution in [0.25, 0.3) is 0 Å². The van der Waals surface area contributed by atoms with E-state index in [1.807, 2.05) is 36.5 Å². The average molecular weight is 599 g/mol. The Morgan fingerprint density at radius 1 is 1.07 bits per heavy atom. The van der Waals surface area contributed by atoms with Crippen LogP contribution in [-0.2, 0) is 24.2 Å². The van der Waals surface area contributed by atoms with E-state index in [9.17, 15) is 14.4 Å². The van der Waals surface area contributed by atoms with E-state index in [4.69, 9.17) is 9.47 Å². The molecule has 228 valence electrons. The van der Waals surface area contributed by atoms with Gasteiger partial charge in [-0.2, -0.15) is 0 Å². The van der Waals surface area contributed by atoms with Crippen molar-refractivity contribution in [2.24, 2.45) is 0 Å². The zero-order valence-electron chi connectivity index (χ0n) is 24.4. The van der Waals surface area contributed by atoms with E-state index in [1.54, 1.807) is 27.8 Å². The van der Waals surface area contributed by atoms with Crippen molar-refractivity contribution in [3.63, 3.8) is 0 Å². The van der Waals surface area contributed by atoms with Gasteiger partial charge in [-0.1, -0.05) is 41.6 Å². The summed E-state index contributed by atoms with van der Waals surface area (Å²) in [7, 11) is 1.51. The van der Waals surface area contributed by atoms with E-state index in [0.717, 1.165) is 11.3 Å². The highest BCUT2D eigenvalue weighted by Crippen LogP contribution is 2.31. The predicted molar refractivity (Wildman–Crippen MR) is 159 cm³/mol. The molecule has 2 aromatic heterocycles. The monoisotopic (exact) mass is 598 g/mol. The number of benzene rings is 2. The van der Waals surface area contributed by atoms with Crippen molar-refractivity contribution in [2.75, 3.05) is 33.4 Å². The molecule has 0 spiro atoms. The lowest BCUT2D eigenvalue weighted by Gasteiger charge is -2.24. The van der Waals surface area contributed by atoms with Crippen molar-refractivity contribution in [2.45, 2.75) is 31.8 Å². The van der Waals surface area contributed by atoms with Gasteiger partial charge in [0.1, 0.15) is 11.7 Å². The molecular formula is C31H34N8O5. The zero-order chi connectivity index (χ0) is 30.7. The lowest BCUT2D eigenvalue weighted by molar-refractivity contribution is -0.123. The van der Waals surface area contributed by atoms with Crippen LogP contribution in [0.1, 0.15) is 38.5 Å². The van der Waals surface area contributed by atoms with Crippen molar-refractivity contribution >= 4 is 17.7 Å². The molecule has 2 bridgehead atoms. The second-order valence-electron chi connectivity index (χ2n) is 10.2. The number of fused-ring (bicyclic) bond motifs is 3. The molecule has 44 heavy (non-hydrogen) atoms. The molecule has 5 rings (SSSR count). The topological polar surface area (TPSA) is 153 Å². The maximum absolute atomic E-state index is 13.6. The molecule has 1 aliphatic heterocycles. The van der Waals surface area contributed by atoms with Gasteiger partial charge >= 0.3 is 0 Å². The summed E-state index contributed by atoms with van der Waals surface area (Å²) in [6, 6.07) is 13.6. The molecule has 0 aliphatic carbocycles. The molecule has 1 aliphatic rings. The molecule has 0 saturated heterocycles. The number of hydrogen-bond acceptors (Lipinski definition) is 9. The van der Waals surface area contributed by atoms with Crippen LogP contribution >= 0.6 is 0 Å². The van der Waals surface area contributed by atoms with E-state index in [0.29, 0.717) is 37.4 Å².